The van der Waals surface area contributed by atoms with Crippen LogP contribution in [0.25, 0.3) is 0 Å². The molecular weight excluding hydrogens is 324 g/mol. The van der Waals surface area contributed by atoms with Crippen LogP contribution in [0.5, 0.6) is 5.75 Å². The zero-order chi connectivity index (χ0) is 17.1. The van der Waals surface area contributed by atoms with Crippen molar-refractivity contribution in [2.24, 2.45) is 0 Å². The predicted molar refractivity (Wildman–Crippen MR) is 59.1 cm³/mol. The molecular formula is C11H9F6NO4. The summed E-state index contributed by atoms with van der Waals surface area (Å²) in [5.74, 6) is -2.84. The highest BCUT2D eigenvalue weighted by molar-refractivity contribution is 5.73. The lowest BCUT2D eigenvalue weighted by Crippen LogP contribution is -2.28. The van der Waals surface area contributed by atoms with E-state index < -0.39 is 47.4 Å². The van der Waals surface area contributed by atoms with E-state index in [9.17, 15) is 35.9 Å². The number of aromatic nitrogens is 1. The van der Waals surface area contributed by atoms with Gasteiger partial charge in [0.25, 0.3) is 5.56 Å². The third kappa shape index (κ3) is 4.67. The Hall–Kier alpha value is -2.20. The number of hydrogen-bond donors (Lipinski definition) is 1. The molecule has 0 amide bonds. The van der Waals surface area contributed by atoms with Crippen LogP contribution in [0.1, 0.15) is 18.1 Å². The Morgan fingerprint density at radius 3 is 2.27 bits per heavy atom. The molecule has 1 rings (SSSR count). The second kappa shape index (κ2) is 6.28. The summed E-state index contributed by atoms with van der Waals surface area (Å²) >= 11 is 0. The van der Waals surface area contributed by atoms with E-state index in [1.54, 1.807) is 4.98 Å². The third-order valence-electron chi connectivity index (χ3n) is 2.26. The Balaban J connectivity index is 3.44. The molecule has 0 aromatic carbocycles. The van der Waals surface area contributed by atoms with Crippen molar-refractivity contribution >= 4 is 5.97 Å². The number of pyridine rings is 1. The number of alkyl halides is 6. The number of ether oxygens (including phenoxy) is 2. The second-order valence-electron chi connectivity index (χ2n) is 3.87. The average molecular weight is 333 g/mol. The van der Waals surface area contributed by atoms with E-state index in [0.29, 0.717) is 6.20 Å². The van der Waals surface area contributed by atoms with Crippen molar-refractivity contribution in [2.45, 2.75) is 25.9 Å². The number of H-pyrrole nitrogens is 1. The number of esters is 1. The summed E-state index contributed by atoms with van der Waals surface area (Å²) < 4.78 is 82.9. The van der Waals surface area contributed by atoms with Crippen molar-refractivity contribution in [2.75, 3.05) is 6.61 Å². The Morgan fingerprint density at radius 1 is 1.23 bits per heavy atom. The fourth-order valence-corrected chi connectivity index (χ4v) is 1.54. The van der Waals surface area contributed by atoms with Crippen molar-refractivity contribution in [1.82, 2.24) is 4.98 Å². The van der Waals surface area contributed by atoms with Gasteiger partial charge < -0.3 is 14.5 Å². The average Bonchev–Trinajstić information content (AvgIpc) is 2.29. The zero-order valence-corrected chi connectivity index (χ0v) is 10.9. The molecule has 0 radical (unpaired) electrons. The van der Waals surface area contributed by atoms with E-state index in [-0.39, 0.29) is 6.61 Å². The normalized spacial score (nSPS) is 12.1. The molecule has 1 N–H and O–H groups in total. The summed E-state index contributed by atoms with van der Waals surface area (Å²) in [5.41, 5.74) is -4.80. The second-order valence-corrected chi connectivity index (χ2v) is 3.87. The summed E-state index contributed by atoms with van der Waals surface area (Å²) in [6.45, 7) is 1.28. The standard InChI is InChI=1S/C11H9F6NO4/c1-2-21-6(19)3-5-4-18-9(20)7(10(12,13)14)8(5)22-11(15,16)17/h4H,2-3H2,1H3,(H,18,20). The molecule has 0 aliphatic carbocycles. The van der Waals surface area contributed by atoms with Crippen LogP contribution >= 0.6 is 0 Å². The lowest BCUT2D eigenvalue weighted by molar-refractivity contribution is -0.276. The van der Waals surface area contributed by atoms with Gasteiger partial charge in [-0.15, -0.1) is 13.2 Å². The molecule has 0 aliphatic heterocycles. The number of hydrogen-bond acceptors (Lipinski definition) is 4. The molecule has 22 heavy (non-hydrogen) atoms. The Morgan fingerprint density at radius 2 is 1.82 bits per heavy atom. The first-order chi connectivity index (χ1) is 9.95. The van der Waals surface area contributed by atoms with E-state index in [1.807, 2.05) is 0 Å². The van der Waals surface area contributed by atoms with Gasteiger partial charge in [0, 0.05) is 11.8 Å². The van der Waals surface area contributed by atoms with Gasteiger partial charge in [-0.25, -0.2) is 0 Å². The van der Waals surface area contributed by atoms with Crippen LogP contribution in [0.15, 0.2) is 11.0 Å². The van der Waals surface area contributed by atoms with E-state index in [4.69, 9.17) is 0 Å². The highest BCUT2D eigenvalue weighted by atomic mass is 19.4. The number of halogens is 6. The summed E-state index contributed by atoms with van der Waals surface area (Å²) in [6.07, 6.45) is -11.3. The smallest absolute Gasteiger partial charge is 0.466 e. The molecule has 0 saturated carbocycles. The van der Waals surface area contributed by atoms with Gasteiger partial charge in [-0.2, -0.15) is 13.2 Å². The van der Waals surface area contributed by atoms with Crippen LogP contribution in [0.3, 0.4) is 0 Å². The largest absolute Gasteiger partial charge is 0.573 e. The highest BCUT2D eigenvalue weighted by Crippen LogP contribution is 2.38. The van der Waals surface area contributed by atoms with Crippen LogP contribution in [0.4, 0.5) is 26.3 Å². The molecule has 0 saturated heterocycles. The van der Waals surface area contributed by atoms with E-state index in [2.05, 4.69) is 9.47 Å². The SMILES string of the molecule is CCOC(=O)Cc1c[nH]c(=O)c(C(F)(F)F)c1OC(F)(F)F. The Labute approximate surface area is 118 Å². The van der Waals surface area contributed by atoms with Crippen molar-refractivity contribution < 1.29 is 40.6 Å². The molecule has 0 unspecified atom stereocenters. The van der Waals surface area contributed by atoms with E-state index >= 15 is 0 Å². The van der Waals surface area contributed by atoms with Crippen molar-refractivity contribution in [3.63, 3.8) is 0 Å². The minimum absolute atomic E-state index is 0.121. The van der Waals surface area contributed by atoms with Crippen LogP contribution in [-0.4, -0.2) is 23.9 Å². The zero-order valence-electron chi connectivity index (χ0n) is 10.9. The van der Waals surface area contributed by atoms with Gasteiger partial charge in [0.15, 0.2) is 11.3 Å². The van der Waals surface area contributed by atoms with Gasteiger partial charge in [-0.3, -0.25) is 9.59 Å². The van der Waals surface area contributed by atoms with Crippen molar-refractivity contribution in [3.05, 3.63) is 27.7 Å². The molecule has 0 aliphatic rings. The number of nitrogens with one attached hydrogen (secondary N) is 1. The molecule has 1 aromatic heterocycles. The molecule has 124 valence electrons. The van der Waals surface area contributed by atoms with E-state index in [0.717, 1.165) is 0 Å². The van der Waals surface area contributed by atoms with Gasteiger partial charge in [-0.05, 0) is 6.92 Å². The molecule has 11 heteroatoms. The summed E-state index contributed by atoms with van der Waals surface area (Å²) in [4.78, 5) is 24.1. The third-order valence-corrected chi connectivity index (χ3v) is 2.26. The first-order valence-corrected chi connectivity index (χ1v) is 5.68. The fraction of sp³-hybridized carbons (Fsp3) is 0.455. The van der Waals surface area contributed by atoms with Gasteiger partial charge in [0.2, 0.25) is 0 Å². The molecule has 1 aromatic rings. The topological polar surface area (TPSA) is 68.4 Å². The van der Waals surface area contributed by atoms with Gasteiger partial charge >= 0.3 is 18.5 Å². The molecule has 0 fully saturated rings. The number of carbonyl (C=O) groups excluding carboxylic acids is 1. The first-order valence-electron chi connectivity index (χ1n) is 5.68. The lowest BCUT2D eigenvalue weighted by atomic mass is 10.1. The maximum absolute atomic E-state index is 12.8. The quantitative estimate of drug-likeness (QED) is 0.679. The number of carbonyl (C=O) groups is 1. The maximum Gasteiger partial charge on any atom is 0.573 e. The van der Waals surface area contributed by atoms with Gasteiger partial charge in [-0.1, -0.05) is 0 Å². The van der Waals surface area contributed by atoms with E-state index in [1.165, 1.54) is 6.92 Å². The molecule has 0 atom stereocenters. The monoisotopic (exact) mass is 333 g/mol. The van der Waals surface area contributed by atoms with Gasteiger partial charge in [0.1, 0.15) is 0 Å². The highest BCUT2D eigenvalue weighted by Gasteiger charge is 2.43. The maximum atomic E-state index is 12.8. The van der Waals surface area contributed by atoms with Crippen LogP contribution in [-0.2, 0) is 22.1 Å². The Kier molecular flexibility index (Phi) is 5.09. The molecule has 0 bridgehead atoms. The van der Waals surface area contributed by atoms with Gasteiger partial charge in [0.05, 0.1) is 13.0 Å². The molecule has 1 heterocycles. The Bertz CT molecular complexity index is 604. The van der Waals surface area contributed by atoms with Crippen LogP contribution < -0.4 is 10.3 Å². The number of aromatic amines is 1. The fourth-order valence-electron chi connectivity index (χ4n) is 1.54. The first kappa shape index (κ1) is 17.9. The molecule has 5 nitrogen and oxygen atoms in total. The molecule has 0 spiro atoms. The van der Waals surface area contributed by atoms with Crippen LogP contribution in [0, 0.1) is 0 Å². The summed E-state index contributed by atoms with van der Waals surface area (Å²) in [6, 6.07) is 0. The summed E-state index contributed by atoms with van der Waals surface area (Å²) in [5, 5.41) is 0. The lowest BCUT2D eigenvalue weighted by Gasteiger charge is -2.17. The van der Waals surface area contributed by atoms with Crippen molar-refractivity contribution in [1.29, 1.82) is 0 Å². The van der Waals surface area contributed by atoms with Crippen molar-refractivity contribution in [3.8, 4) is 5.75 Å². The minimum Gasteiger partial charge on any atom is -0.466 e. The predicted octanol–water partition coefficient (Wildman–Crippen LogP) is 2.40. The van der Waals surface area contributed by atoms with Crippen LogP contribution in [0.2, 0.25) is 0 Å². The summed E-state index contributed by atoms with van der Waals surface area (Å²) in [7, 11) is 0. The minimum atomic E-state index is -5.47. The number of rotatable bonds is 4.